The molecule has 0 heterocycles. The summed E-state index contributed by atoms with van der Waals surface area (Å²) in [6.07, 6.45) is 0. The molecule has 2 aromatic carbocycles. The first kappa shape index (κ1) is 22.3. The van der Waals surface area contributed by atoms with Gasteiger partial charge < -0.3 is 9.47 Å². The number of carbonyl (C=O) groups is 1. The zero-order valence-electron chi connectivity index (χ0n) is 16.3. The zero-order valence-corrected chi connectivity index (χ0v) is 17.1. The number of rotatable bonds is 9. The fourth-order valence-corrected chi connectivity index (χ4v) is 4.15. The van der Waals surface area contributed by atoms with Crippen LogP contribution in [-0.4, -0.2) is 43.8 Å². The lowest BCUT2D eigenvalue weighted by Crippen LogP contribution is -2.30. The van der Waals surface area contributed by atoms with Crippen LogP contribution >= 0.6 is 0 Å². The summed E-state index contributed by atoms with van der Waals surface area (Å²) in [4.78, 5) is 22.7. The molecule has 0 spiro atoms. The van der Waals surface area contributed by atoms with E-state index in [1.54, 1.807) is 13.8 Å². The standard InChI is InChI=1S/C19H22N2O7S/c1-4-20(5-2)29(25,26)17-9-6-14(7-10-17)19(22)28-13-15-12-16(21(23)24)8-11-18(15)27-3/h6-12H,4-5,13H2,1-3H3. The molecule has 10 heteroatoms. The van der Waals surface area contributed by atoms with Gasteiger partial charge in [0.25, 0.3) is 5.69 Å². The second-order valence-electron chi connectivity index (χ2n) is 5.94. The number of esters is 1. The highest BCUT2D eigenvalue weighted by atomic mass is 32.2. The fraction of sp³-hybridized carbons (Fsp3) is 0.316. The van der Waals surface area contributed by atoms with Crippen molar-refractivity contribution in [3.8, 4) is 5.75 Å². The van der Waals surface area contributed by atoms with Gasteiger partial charge >= 0.3 is 5.97 Å². The van der Waals surface area contributed by atoms with E-state index in [9.17, 15) is 23.3 Å². The monoisotopic (exact) mass is 422 g/mol. The molecular formula is C19H22N2O7S. The molecule has 29 heavy (non-hydrogen) atoms. The third-order valence-electron chi connectivity index (χ3n) is 4.27. The van der Waals surface area contributed by atoms with Gasteiger partial charge in [-0.25, -0.2) is 13.2 Å². The van der Waals surface area contributed by atoms with E-state index in [0.29, 0.717) is 24.4 Å². The fourth-order valence-electron chi connectivity index (χ4n) is 2.69. The van der Waals surface area contributed by atoms with E-state index < -0.39 is 20.9 Å². The number of benzene rings is 2. The molecule has 0 bridgehead atoms. The van der Waals surface area contributed by atoms with Gasteiger partial charge in [-0.2, -0.15) is 4.31 Å². The molecule has 0 saturated heterocycles. The van der Waals surface area contributed by atoms with Crippen LogP contribution in [0.5, 0.6) is 5.75 Å². The highest BCUT2D eigenvalue weighted by Crippen LogP contribution is 2.25. The Morgan fingerprint density at radius 2 is 1.72 bits per heavy atom. The molecule has 0 fully saturated rings. The Kier molecular flexibility index (Phi) is 7.29. The number of methoxy groups -OCH3 is 1. The first-order valence-corrected chi connectivity index (χ1v) is 10.3. The number of carbonyl (C=O) groups excluding carboxylic acids is 1. The van der Waals surface area contributed by atoms with Crippen molar-refractivity contribution < 1.29 is 27.6 Å². The quantitative estimate of drug-likeness (QED) is 0.346. The van der Waals surface area contributed by atoms with Crippen LogP contribution in [0.2, 0.25) is 0 Å². The van der Waals surface area contributed by atoms with Crippen LogP contribution in [0.3, 0.4) is 0 Å². The molecule has 2 rings (SSSR count). The third-order valence-corrected chi connectivity index (χ3v) is 6.33. The van der Waals surface area contributed by atoms with E-state index >= 15 is 0 Å². The first-order chi connectivity index (χ1) is 13.7. The number of nitro benzene ring substituents is 1. The maximum atomic E-state index is 12.5. The van der Waals surface area contributed by atoms with E-state index in [1.807, 2.05) is 0 Å². The van der Waals surface area contributed by atoms with Crippen molar-refractivity contribution in [2.45, 2.75) is 25.3 Å². The van der Waals surface area contributed by atoms with Crippen LogP contribution in [0, 0.1) is 10.1 Å². The van der Waals surface area contributed by atoms with Gasteiger partial charge in [-0.15, -0.1) is 0 Å². The number of ether oxygens (including phenoxy) is 2. The first-order valence-electron chi connectivity index (χ1n) is 8.83. The predicted octanol–water partition coefficient (Wildman–Crippen LogP) is 2.99. The second kappa shape index (κ2) is 9.48. The average molecular weight is 422 g/mol. The van der Waals surface area contributed by atoms with E-state index in [2.05, 4.69) is 0 Å². The molecule has 0 unspecified atom stereocenters. The van der Waals surface area contributed by atoms with Gasteiger partial charge in [0.15, 0.2) is 0 Å². The van der Waals surface area contributed by atoms with Crippen molar-refractivity contribution in [3.05, 3.63) is 63.7 Å². The van der Waals surface area contributed by atoms with E-state index in [4.69, 9.17) is 9.47 Å². The summed E-state index contributed by atoms with van der Waals surface area (Å²) in [5, 5.41) is 10.9. The van der Waals surface area contributed by atoms with Gasteiger partial charge in [0.05, 0.1) is 22.5 Å². The molecule has 2 aromatic rings. The number of nitro groups is 1. The van der Waals surface area contributed by atoms with Crippen LogP contribution in [-0.2, 0) is 21.4 Å². The van der Waals surface area contributed by atoms with Crippen LogP contribution in [0.15, 0.2) is 47.4 Å². The maximum absolute atomic E-state index is 12.5. The predicted molar refractivity (Wildman–Crippen MR) is 105 cm³/mol. The number of hydrogen-bond donors (Lipinski definition) is 0. The summed E-state index contributed by atoms with van der Waals surface area (Å²) in [6.45, 7) is 3.94. The topological polar surface area (TPSA) is 116 Å². The molecule has 0 aliphatic rings. The normalized spacial score (nSPS) is 11.3. The lowest BCUT2D eigenvalue weighted by molar-refractivity contribution is -0.385. The molecule has 0 saturated carbocycles. The van der Waals surface area contributed by atoms with Gasteiger partial charge in [-0.05, 0) is 30.3 Å². The molecule has 9 nitrogen and oxygen atoms in total. The summed E-state index contributed by atoms with van der Waals surface area (Å²) in [7, 11) is -2.22. The highest BCUT2D eigenvalue weighted by molar-refractivity contribution is 7.89. The summed E-state index contributed by atoms with van der Waals surface area (Å²) in [6, 6.07) is 9.41. The average Bonchev–Trinajstić information content (AvgIpc) is 2.72. The van der Waals surface area contributed by atoms with Crippen LogP contribution in [0.1, 0.15) is 29.8 Å². The lowest BCUT2D eigenvalue weighted by Gasteiger charge is -2.18. The minimum Gasteiger partial charge on any atom is -0.496 e. The lowest BCUT2D eigenvalue weighted by atomic mass is 10.2. The Balaban J connectivity index is 2.15. The molecular weight excluding hydrogens is 400 g/mol. The number of nitrogens with zero attached hydrogens (tertiary/aromatic N) is 2. The van der Waals surface area contributed by atoms with Gasteiger partial charge in [-0.3, -0.25) is 10.1 Å². The molecule has 0 aliphatic heterocycles. The van der Waals surface area contributed by atoms with Crippen molar-refractivity contribution in [1.82, 2.24) is 4.31 Å². The number of sulfonamides is 1. The summed E-state index contributed by atoms with van der Waals surface area (Å²) >= 11 is 0. The highest BCUT2D eigenvalue weighted by Gasteiger charge is 2.22. The molecule has 0 amide bonds. The Hall–Kier alpha value is -2.98. The van der Waals surface area contributed by atoms with Gasteiger partial charge in [0.1, 0.15) is 12.4 Å². The van der Waals surface area contributed by atoms with Crippen LogP contribution in [0.4, 0.5) is 5.69 Å². The van der Waals surface area contributed by atoms with Gasteiger partial charge in [0, 0.05) is 30.8 Å². The smallest absolute Gasteiger partial charge is 0.338 e. The Bertz CT molecular complexity index is 984. The van der Waals surface area contributed by atoms with Crippen LogP contribution < -0.4 is 4.74 Å². The van der Waals surface area contributed by atoms with Crippen molar-refractivity contribution in [2.75, 3.05) is 20.2 Å². The van der Waals surface area contributed by atoms with E-state index in [-0.39, 0.29) is 22.8 Å². The van der Waals surface area contributed by atoms with Crippen molar-refractivity contribution in [1.29, 1.82) is 0 Å². The van der Waals surface area contributed by atoms with Crippen molar-refractivity contribution in [2.24, 2.45) is 0 Å². The van der Waals surface area contributed by atoms with Gasteiger partial charge in [0.2, 0.25) is 10.0 Å². The maximum Gasteiger partial charge on any atom is 0.338 e. The molecule has 0 radical (unpaired) electrons. The zero-order chi connectivity index (χ0) is 21.6. The largest absolute Gasteiger partial charge is 0.496 e. The minimum absolute atomic E-state index is 0.0816. The Morgan fingerprint density at radius 1 is 1.10 bits per heavy atom. The number of non-ortho nitro benzene ring substituents is 1. The summed E-state index contributed by atoms with van der Waals surface area (Å²) < 4.78 is 36.6. The van der Waals surface area contributed by atoms with Crippen molar-refractivity contribution >= 4 is 21.7 Å². The van der Waals surface area contributed by atoms with E-state index in [0.717, 1.165) is 0 Å². The molecule has 0 atom stereocenters. The Morgan fingerprint density at radius 3 is 2.24 bits per heavy atom. The number of hydrogen-bond acceptors (Lipinski definition) is 7. The minimum atomic E-state index is -3.62. The third kappa shape index (κ3) is 5.09. The van der Waals surface area contributed by atoms with Crippen LogP contribution in [0.25, 0.3) is 0 Å². The Labute approximate surface area is 169 Å². The molecule has 0 N–H and O–H groups in total. The summed E-state index contributed by atoms with van der Waals surface area (Å²) in [5.41, 5.74) is 0.353. The van der Waals surface area contributed by atoms with E-state index in [1.165, 1.54) is 53.9 Å². The van der Waals surface area contributed by atoms with Gasteiger partial charge in [-0.1, -0.05) is 13.8 Å². The SMILES string of the molecule is CCN(CC)S(=O)(=O)c1ccc(C(=O)OCc2cc([N+](=O)[O-])ccc2OC)cc1. The molecule has 0 aliphatic carbocycles. The molecule has 156 valence electrons. The van der Waals surface area contributed by atoms with Crippen molar-refractivity contribution in [3.63, 3.8) is 0 Å². The summed E-state index contributed by atoms with van der Waals surface area (Å²) in [5.74, 6) is -0.339. The molecule has 0 aromatic heterocycles. The second-order valence-corrected chi connectivity index (χ2v) is 7.88.